The number of nitrogens with zero attached hydrogens (tertiary/aromatic N) is 3. The first-order chi connectivity index (χ1) is 16.5. The summed E-state index contributed by atoms with van der Waals surface area (Å²) >= 11 is 3.42. The van der Waals surface area contributed by atoms with Crippen LogP contribution in [-0.2, 0) is 4.79 Å². The molecule has 8 nitrogen and oxygen atoms in total. The smallest absolute Gasteiger partial charge is 0.282 e. The molecule has 3 aromatic carbocycles. The quantitative estimate of drug-likeness (QED) is 0.337. The van der Waals surface area contributed by atoms with E-state index in [0.717, 1.165) is 9.86 Å². The number of hydrogen-bond acceptors (Lipinski definition) is 6. The van der Waals surface area contributed by atoms with Crippen LogP contribution >= 0.6 is 15.9 Å². The van der Waals surface area contributed by atoms with Crippen molar-refractivity contribution in [1.29, 1.82) is 0 Å². The molecule has 5 aromatic rings. The van der Waals surface area contributed by atoms with E-state index in [-0.39, 0.29) is 18.0 Å². The number of para-hydroxylation sites is 2. The molecule has 0 fully saturated rings. The highest BCUT2D eigenvalue weighted by Gasteiger charge is 2.16. The van der Waals surface area contributed by atoms with Crippen molar-refractivity contribution in [2.45, 2.75) is 0 Å². The molecule has 0 aliphatic heterocycles. The number of halogens is 1. The van der Waals surface area contributed by atoms with Gasteiger partial charge in [0, 0.05) is 15.4 Å². The number of nitrogens with two attached hydrogens (primary N) is 1. The zero-order valence-corrected chi connectivity index (χ0v) is 19.2. The summed E-state index contributed by atoms with van der Waals surface area (Å²) in [6.45, 7) is -0.288. The van der Waals surface area contributed by atoms with Gasteiger partial charge in [0.2, 0.25) is 5.82 Å². The van der Waals surface area contributed by atoms with Gasteiger partial charge in [0.1, 0.15) is 11.3 Å². The molecule has 0 saturated carbocycles. The van der Waals surface area contributed by atoms with Crippen LogP contribution in [0.5, 0.6) is 5.75 Å². The van der Waals surface area contributed by atoms with Crippen molar-refractivity contribution in [3.05, 3.63) is 93.2 Å². The molecule has 0 bridgehead atoms. The van der Waals surface area contributed by atoms with Gasteiger partial charge in [0.25, 0.3) is 11.5 Å². The van der Waals surface area contributed by atoms with Crippen molar-refractivity contribution in [3.8, 4) is 17.3 Å². The molecule has 2 N–H and O–H groups in total. The summed E-state index contributed by atoms with van der Waals surface area (Å²) in [7, 11) is 0. The summed E-state index contributed by atoms with van der Waals surface area (Å²) in [5.74, 6) is 0.442. The molecule has 9 heteroatoms. The van der Waals surface area contributed by atoms with Gasteiger partial charge in [0.15, 0.2) is 12.4 Å². The molecule has 2 aromatic heterocycles. The van der Waals surface area contributed by atoms with E-state index in [2.05, 4.69) is 26.0 Å². The largest absolute Gasteiger partial charge is 0.483 e. The third-order valence-corrected chi connectivity index (χ3v) is 5.55. The van der Waals surface area contributed by atoms with E-state index in [9.17, 15) is 9.59 Å². The molecule has 0 radical (unpaired) electrons. The van der Waals surface area contributed by atoms with Crippen molar-refractivity contribution in [3.63, 3.8) is 0 Å². The van der Waals surface area contributed by atoms with Gasteiger partial charge in [-0.05, 0) is 42.5 Å². The van der Waals surface area contributed by atoms with Crippen molar-refractivity contribution in [1.82, 2.24) is 9.66 Å². The van der Waals surface area contributed by atoms with Crippen molar-refractivity contribution < 1.29 is 13.9 Å². The van der Waals surface area contributed by atoms with Gasteiger partial charge in [-0.1, -0.05) is 46.3 Å². The molecule has 34 heavy (non-hydrogen) atoms. The zero-order chi connectivity index (χ0) is 23.7. The summed E-state index contributed by atoms with van der Waals surface area (Å²) < 4.78 is 13.4. The highest BCUT2D eigenvalue weighted by Crippen LogP contribution is 2.27. The lowest BCUT2D eigenvalue weighted by atomic mass is 10.2. The first kappa shape index (κ1) is 21.6. The SMILES string of the molecule is NC(=O)COc1ccc(Br)cc1C=Nn1c(-c2cc3ccccc3o2)nc2ccccc2c1=O. The van der Waals surface area contributed by atoms with E-state index < -0.39 is 5.91 Å². The second kappa shape index (κ2) is 8.95. The molecule has 0 spiro atoms. The van der Waals surface area contributed by atoms with Crippen molar-refractivity contribution in [2.24, 2.45) is 10.8 Å². The van der Waals surface area contributed by atoms with Crippen LogP contribution in [-0.4, -0.2) is 28.4 Å². The van der Waals surface area contributed by atoms with Gasteiger partial charge in [-0.2, -0.15) is 9.78 Å². The average molecular weight is 517 g/mol. The third kappa shape index (κ3) is 4.20. The number of amides is 1. The highest BCUT2D eigenvalue weighted by molar-refractivity contribution is 9.10. The van der Waals surface area contributed by atoms with Crippen LogP contribution in [0.25, 0.3) is 33.5 Å². The maximum absolute atomic E-state index is 13.4. The van der Waals surface area contributed by atoms with Crippen LogP contribution in [0, 0.1) is 0 Å². The maximum Gasteiger partial charge on any atom is 0.282 e. The van der Waals surface area contributed by atoms with Crippen LogP contribution in [0.3, 0.4) is 0 Å². The Labute approximate surface area is 201 Å². The number of primary amides is 1. The predicted molar refractivity (Wildman–Crippen MR) is 133 cm³/mol. The zero-order valence-electron chi connectivity index (χ0n) is 17.6. The third-order valence-electron chi connectivity index (χ3n) is 5.05. The first-order valence-electron chi connectivity index (χ1n) is 10.3. The number of ether oxygens (including phenoxy) is 1. The van der Waals surface area contributed by atoms with Gasteiger partial charge >= 0.3 is 0 Å². The molecular formula is C25H17BrN4O4. The second-order valence-electron chi connectivity index (χ2n) is 7.40. The lowest BCUT2D eigenvalue weighted by molar-refractivity contribution is -0.119. The van der Waals surface area contributed by atoms with Gasteiger partial charge in [-0.3, -0.25) is 9.59 Å². The van der Waals surface area contributed by atoms with Crippen LogP contribution in [0.2, 0.25) is 0 Å². The molecule has 168 valence electrons. The summed E-state index contributed by atoms with van der Waals surface area (Å²) in [5, 5.41) is 5.74. The molecule has 0 atom stereocenters. The highest BCUT2D eigenvalue weighted by atomic mass is 79.9. The van der Waals surface area contributed by atoms with E-state index in [0.29, 0.717) is 33.6 Å². The van der Waals surface area contributed by atoms with Gasteiger partial charge < -0.3 is 14.9 Å². The Morgan fingerprint density at radius 2 is 1.91 bits per heavy atom. The topological polar surface area (TPSA) is 113 Å². The molecular weight excluding hydrogens is 500 g/mol. The molecule has 2 heterocycles. The minimum atomic E-state index is -0.604. The van der Waals surface area contributed by atoms with E-state index >= 15 is 0 Å². The van der Waals surface area contributed by atoms with Crippen LogP contribution in [0.4, 0.5) is 0 Å². The average Bonchev–Trinajstić information content (AvgIpc) is 3.27. The lowest BCUT2D eigenvalue weighted by Crippen LogP contribution is -2.21. The fourth-order valence-corrected chi connectivity index (χ4v) is 3.88. The van der Waals surface area contributed by atoms with E-state index in [1.54, 1.807) is 36.4 Å². The summed E-state index contributed by atoms with van der Waals surface area (Å²) in [6, 6.07) is 21.6. The standard InChI is InChI=1S/C25H17BrN4O4/c26-17-9-10-20(33-14-23(27)31)16(11-17)13-28-30-24(22-12-15-5-1-4-8-21(15)34-22)29-19-7-3-2-6-18(19)25(30)32/h1-13H,14H2,(H2,27,31). The molecule has 0 saturated heterocycles. The lowest BCUT2D eigenvalue weighted by Gasteiger charge is -2.09. The monoisotopic (exact) mass is 516 g/mol. The van der Waals surface area contributed by atoms with E-state index in [1.807, 2.05) is 36.4 Å². The second-order valence-corrected chi connectivity index (χ2v) is 8.32. The maximum atomic E-state index is 13.4. The fourth-order valence-electron chi connectivity index (χ4n) is 3.50. The fraction of sp³-hybridized carbons (Fsp3) is 0.0400. The van der Waals surface area contributed by atoms with Crippen molar-refractivity contribution >= 4 is 49.9 Å². The Balaban J connectivity index is 1.68. The molecule has 0 aliphatic carbocycles. The van der Waals surface area contributed by atoms with Crippen LogP contribution < -0.4 is 16.0 Å². The minimum absolute atomic E-state index is 0.255. The summed E-state index contributed by atoms with van der Waals surface area (Å²) in [6.07, 6.45) is 1.46. The Morgan fingerprint density at radius 3 is 2.74 bits per heavy atom. The molecule has 0 unspecified atom stereocenters. The number of rotatable bonds is 6. The van der Waals surface area contributed by atoms with Crippen LogP contribution in [0.1, 0.15) is 5.56 Å². The number of hydrogen-bond donors (Lipinski definition) is 1. The first-order valence-corrected chi connectivity index (χ1v) is 11.0. The van der Waals surface area contributed by atoms with E-state index in [4.69, 9.17) is 14.9 Å². The minimum Gasteiger partial charge on any atom is -0.483 e. The van der Waals surface area contributed by atoms with Crippen LogP contribution in [0.15, 0.2) is 91.6 Å². The number of fused-ring (bicyclic) bond motifs is 2. The number of aromatic nitrogens is 2. The number of furan rings is 1. The summed E-state index contributed by atoms with van der Waals surface area (Å²) in [4.78, 5) is 29.2. The van der Waals surface area contributed by atoms with Gasteiger partial charge in [0.05, 0.1) is 17.1 Å². The molecule has 5 rings (SSSR count). The van der Waals surface area contributed by atoms with Crippen molar-refractivity contribution in [2.75, 3.05) is 6.61 Å². The number of carbonyl (C=O) groups is 1. The van der Waals surface area contributed by atoms with E-state index in [1.165, 1.54) is 10.9 Å². The normalized spacial score (nSPS) is 11.4. The predicted octanol–water partition coefficient (Wildman–Crippen LogP) is 4.32. The molecule has 1 amide bonds. The molecule has 0 aliphatic rings. The summed E-state index contributed by atoms with van der Waals surface area (Å²) in [5.41, 5.74) is 6.58. The van der Waals surface area contributed by atoms with Gasteiger partial charge in [-0.15, -0.1) is 0 Å². The Hall–Kier alpha value is -4.24. The number of carbonyl (C=O) groups excluding carboxylic acids is 1. The van der Waals surface area contributed by atoms with Gasteiger partial charge in [-0.25, -0.2) is 4.98 Å². The Bertz CT molecular complexity index is 1600. The number of benzene rings is 3. The Kier molecular flexibility index (Phi) is 5.69. The Morgan fingerprint density at radius 1 is 1.12 bits per heavy atom.